The lowest BCUT2D eigenvalue weighted by Crippen LogP contribution is -2.47. The number of carboxylic acids is 1. The maximum atomic E-state index is 12.7. The van der Waals surface area contributed by atoms with Crippen LogP contribution < -0.4 is 0 Å². The summed E-state index contributed by atoms with van der Waals surface area (Å²) in [5.74, 6) is -1.63. The average Bonchev–Trinajstić information content (AvgIpc) is 3.06. The van der Waals surface area contributed by atoms with E-state index < -0.39 is 17.9 Å². The molecule has 0 bridgehead atoms. The minimum Gasteiger partial charge on any atom is -0.481 e. The first kappa shape index (κ1) is 18.1. The maximum absolute atomic E-state index is 12.7. The molecular formula is C19H23N3O4. The van der Waals surface area contributed by atoms with E-state index in [1.165, 1.54) is 0 Å². The molecule has 138 valence electrons. The number of likely N-dealkylation sites (tertiary alicyclic amines) is 1. The molecule has 0 radical (unpaired) electrons. The summed E-state index contributed by atoms with van der Waals surface area (Å²) >= 11 is 0. The highest BCUT2D eigenvalue weighted by atomic mass is 16.5. The summed E-state index contributed by atoms with van der Waals surface area (Å²) in [5.41, 5.74) is 1.66. The Morgan fingerprint density at radius 3 is 2.65 bits per heavy atom. The Morgan fingerprint density at radius 1 is 1.35 bits per heavy atom. The summed E-state index contributed by atoms with van der Waals surface area (Å²) in [6, 6.07) is 10.8. The maximum Gasteiger partial charge on any atom is 0.309 e. The lowest BCUT2D eigenvalue weighted by Gasteiger charge is -2.40. The zero-order chi connectivity index (χ0) is 18.7. The zero-order valence-electron chi connectivity index (χ0n) is 14.9. The second-order valence-corrected chi connectivity index (χ2v) is 6.49. The van der Waals surface area contributed by atoms with Gasteiger partial charge in [-0.3, -0.25) is 14.3 Å². The number of carboxylic acid groups (broad SMARTS) is 1. The monoisotopic (exact) mass is 357 g/mol. The van der Waals surface area contributed by atoms with Crippen molar-refractivity contribution < 1.29 is 19.4 Å². The first-order chi connectivity index (χ1) is 12.5. The van der Waals surface area contributed by atoms with Crippen molar-refractivity contribution in [2.24, 2.45) is 13.0 Å². The average molecular weight is 357 g/mol. The Hall–Kier alpha value is -2.67. The van der Waals surface area contributed by atoms with Gasteiger partial charge in [0.15, 0.2) is 0 Å². The van der Waals surface area contributed by atoms with Gasteiger partial charge in [-0.1, -0.05) is 30.3 Å². The van der Waals surface area contributed by atoms with E-state index in [0.717, 1.165) is 5.56 Å². The van der Waals surface area contributed by atoms with Gasteiger partial charge in [-0.25, -0.2) is 0 Å². The van der Waals surface area contributed by atoms with E-state index in [2.05, 4.69) is 5.10 Å². The number of amides is 1. The van der Waals surface area contributed by atoms with Gasteiger partial charge in [0.05, 0.1) is 30.3 Å². The number of carbonyl (C=O) groups is 2. The van der Waals surface area contributed by atoms with E-state index in [0.29, 0.717) is 18.7 Å². The van der Waals surface area contributed by atoms with Gasteiger partial charge in [0.1, 0.15) is 0 Å². The standard InChI is InChI=1S/C19H23N3O4/c1-21-15(10-11-20-21)18-14(19(24)25)8-9-17(23)22(18)12-16(26-2)13-6-4-3-5-7-13/h3-7,10-11,14,16,18H,8-9,12H2,1-2H3,(H,24,25)/t14-,16?,18-/m0/s1. The second kappa shape index (κ2) is 7.70. The van der Waals surface area contributed by atoms with Crippen molar-refractivity contribution in [3.63, 3.8) is 0 Å². The fourth-order valence-electron chi connectivity index (χ4n) is 3.63. The number of benzene rings is 1. The zero-order valence-corrected chi connectivity index (χ0v) is 14.9. The highest BCUT2D eigenvalue weighted by Gasteiger charge is 2.42. The quantitative estimate of drug-likeness (QED) is 0.856. The van der Waals surface area contributed by atoms with E-state index in [1.807, 2.05) is 30.3 Å². The molecule has 1 amide bonds. The van der Waals surface area contributed by atoms with Crippen LogP contribution in [-0.2, 0) is 21.4 Å². The number of aliphatic carboxylic acids is 1. The molecule has 0 aliphatic carbocycles. The molecule has 1 aromatic heterocycles. The third-order valence-corrected chi connectivity index (χ3v) is 5.00. The van der Waals surface area contributed by atoms with Gasteiger partial charge in [0, 0.05) is 26.8 Å². The van der Waals surface area contributed by atoms with Crippen molar-refractivity contribution in [1.29, 1.82) is 0 Å². The molecule has 2 aromatic rings. The highest BCUT2D eigenvalue weighted by molar-refractivity contribution is 5.81. The summed E-state index contributed by atoms with van der Waals surface area (Å²) in [5, 5.41) is 13.9. The predicted octanol–water partition coefficient (Wildman–Crippen LogP) is 2.17. The van der Waals surface area contributed by atoms with Crippen molar-refractivity contribution >= 4 is 11.9 Å². The van der Waals surface area contributed by atoms with Crippen molar-refractivity contribution in [3.05, 3.63) is 53.9 Å². The molecule has 1 aliphatic heterocycles. The van der Waals surface area contributed by atoms with Crippen LogP contribution in [0, 0.1) is 5.92 Å². The fourth-order valence-corrected chi connectivity index (χ4v) is 3.63. The summed E-state index contributed by atoms with van der Waals surface area (Å²) in [4.78, 5) is 26.2. The number of nitrogens with zero attached hydrogens (tertiary/aromatic N) is 3. The van der Waals surface area contributed by atoms with Crippen LogP contribution in [0.4, 0.5) is 0 Å². The Bertz CT molecular complexity index is 774. The SMILES string of the molecule is COC(CN1C(=O)CC[C@H](C(=O)O)[C@H]1c1ccnn1C)c1ccccc1. The van der Waals surface area contributed by atoms with Crippen LogP contribution >= 0.6 is 0 Å². The summed E-state index contributed by atoms with van der Waals surface area (Å²) in [6.07, 6.45) is 1.83. The van der Waals surface area contributed by atoms with Gasteiger partial charge in [-0.15, -0.1) is 0 Å². The Labute approximate surface area is 152 Å². The number of ether oxygens (including phenoxy) is 1. The first-order valence-electron chi connectivity index (χ1n) is 8.60. The smallest absolute Gasteiger partial charge is 0.309 e. The van der Waals surface area contributed by atoms with Crippen LogP contribution in [0.25, 0.3) is 0 Å². The molecule has 1 aliphatic rings. The molecule has 7 heteroatoms. The number of aryl methyl sites for hydroxylation is 1. The van der Waals surface area contributed by atoms with Crippen molar-refractivity contribution in [3.8, 4) is 0 Å². The molecule has 1 unspecified atom stereocenters. The molecule has 0 spiro atoms. The van der Waals surface area contributed by atoms with Crippen LogP contribution in [-0.4, -0.2) is 45.3 Å². The molecule has 1 aromatic carbocycles. The number of piperidine rings is 1. The van der Waals surface area contributed by atoms with E-state index in [1.54, 1.807) is 36.0 Å². The molecule has 26 heavy (non-hydrogen) atoms. The minimum absolute atomic E-state index is 0.0633. The second-order valence-electron chi connectivity index (χ2n) is 6.49. The van der Waals surface area contributed by atoms with Crippen LogP contribution in [0.3, 0.4) is 0 Å². The van der Waals surface area contributed by atoms with Crippen molar-refractivity contribution in [1.82, 2.24) is 14.7 Å². The summed E-state index contributed by atoms with van der Waals surface area (Å²) < 4.78 is 7.25. The van der Waals surface area contributed by atoms with Gasteiger partial charge in [-0.2, -0.15) is 5.10 Å². The number of aromatic nitrogens is 2. The van der Waals surface area contributed by atoms with E-state index in [9.17, 15) is 14.7 Å². The van der Waals surface area contributed by atoms with Crippen LogP contribution in [0.2, 0.25) is 0 Å². The van der Waals surface area contributed by atoms with Crippen LogP contribution in [0.5, 0.6) is 0 Å². The lowest BCUT2D eigenvalue weighted by atomic mass is 9.86. The summed E-state index contributed by atoms with van der Waals surface area (Å²) in [6.45, 7) is 0.291. The van der Waals surface area contributed by atoms with Gasteiger partial charge in [0.25, 0.3) is 0 Å². The number of rotatable bonds is 6. The molecule has 1 fully saturated rings. The predicted molar refractivity (Wildman–Crippen MR) is 94.2 cm³/mol. The van der Waals surface area contributed by atoms with E-state index in [-0.39, 0.29) is 18.4 Å². The van der Waals surface area contributed by atoms with Gasteiger partial charge in [-0.05, 0) is 18.1 Å². The van der Waals surface area contributed by atoms with Crippen molar-refractivity contribution in [2.45, 2.75) is 25.0 Å². The van der Waals surface area contributed by atoms with Crippen LogP contribution in [0.15, 0.2) is 42.6 Å². The van der Waals surface area contributed by atoms with Crippen LogP contribution in [0.1, 0.15) is 36.2 Å². The molecule has 1 saturated heterocycles. The van der Waals surface area contributed by atoms with Gasteiger partial charge in [0.2, 0.25) is 5.91 Å². The molecule has 3 atom stereocenters. The molecule has 0 saturated carbocycles. The largest absolute Gasteiger partial charge is 0.481 e. The first-order valence-corrected chi connectivity index (χ1v) is 8.60. The number of methoxy groups -OCH3 is 1. The Morgan fingerprint density at radius 2 is 2.08 bits per heavy atom. The van der Waals surface area contributed by atoms with Gasteiger partial charge < -0.3 is 14.7 Å². The normalized spacial score (nSPS) is 21.6. The van der Waals surface area contributed by atoms with E-state index in [4.69, 9.17) is 4.74 Å². The Kier molecular flexibility index (Phi) is 5.37. The topological polar surface area (TPSA) is 84.7 Å². The molecular weight excluding hydrogens is 334 g/mol. The fraction of sp³-hybridized carbons (Fsp3) is 0.421. The van der Waals surface area contributed by atoms with Crippen molar-refractivity contribution in [2.75, 3.05) is 13.7 Å². The number of hydrogen-bond donors (Lipinski definition) is 1. The molecule has 3 rings (SSSR count). The van der Waals surface area contributed by atoms with Gasteiger partial charge >= 0.3 is 5.97 Å². The Balaban J connectivity index is 1.96. The highest BCUT2D eigenvalue weighted by Crippen LogP contribution is 2.38. The lowest BCUT2D eigenvalue weighted by molar-refractivity contribution is -0.153. The molecule has 2 heterocycles. The molecule has 1 N–H and O–H groups in total. The number of hydrogen-bond acceptors (Lipinski definition) is 4. The van der Waals surface area contributed by atoms with E-state index >= 15 is 0 Å². The minimum atomic E-state index is -0.901. The molecule has 7 nitrogen and oxygen atoms in total. The third-order valence-electron chi connectivity index (χ3n) is 5.00. The number of carbonyl (C=O) groups excluding carboxylic acids is 1. The summed E-state index contributed by atoms with van der Waals surface area (Å²) in [7, 11) is 3.36. The third kappa shape index (κ3) is 3.48.